The molecule has 0 saturated heterocycles. The molecule has 0 bridgehead atoms. The molecule has 1 aromatic rings. The Hall–Kier alpha value is -1.36. The predicted molar refractivity (Wildman–Crippen MR) is 63.0 cm³/mol. The van der Waals surface area contributed by atoms with Crippen molar-refractivity contribution in [3.63, 3.8) is 0 Å². The topological polar surface area (TPSA) is 43.1 Å². The summed E-state index contributed by atoms with van der Waals surface area (Å²) in [5.41, 5.74) is 4.37. The summed E-state index contributed by atoms with van der Waals surface area (Å²) in [6.45, 7) is 3.54. The van der Waals surface area contributed by atoms with Crippen molar-refractivity contribution in [1.82, 2.24) is 0 Å². The molecule has 0 fully saturated rings. The first-order chi connectivity index (χ1) is 8.16. The van der Waals surface area contributed by atoms with Gasteiger partial charge in [-0.25, -0.2) is 0 Å². The summed E-state index contributed by atoms with van der Waals surface area (Å²) in [7, 11) is 0. The van der Waals surface area contributed by atoms with Gasteiger partial charge in [0.2, 0.25) is 0 Å². The molecule has 18 heavy (non-hydrogen) atoms. The van der Waals surface area contributed by atoms with E-state index in [0.717, 1.165) is 12.1 Å². The van der Waals surface area contributed by atoms with Crippen LogP contribution in [0.2, 0.25) is 0 Å². The largest absolute Gasteiger partial charge is 0.416 e. The zero-order valence-corrected chi connectivity index (χ0v) is 10.3. The fraction of sp³-hybridized carbons (Fsp3) is 0.462. The molecular formula is C13H16F3NO. The molecule has 0 amide bonds. The standard InChI is InChI=1S/C13H16F3NO/c1-12(2,8-17)11(18)7-9-4-3-5-10(6-9)13(14,15)16/h3-6H,7-8,17H2,1-2H3. The van der Waals surface area contributed by atoms with E-state index < -0.39 is 17.2 Å². The molecule has 0 aliphatic rings. The molecule has 1 aromatic carbocycles. The smallest absolute Gasteiger partial charge is 0.329 e. The van der Waals surface area contributed by atoms with Gasteiger partial charge >= 0.3 is 6.18 Å². The van der Waals surface area contributed by atoms with E-state index in [4.69, 9.17) is 5.73 Å². The van der Waals surface area contributed by atoms with Crippen molar-refractivity contribution in [3.05, 3.63) is 35.4 Å². The van der Waals surface area contributed by atoms with Gasteiger partial charge in [-0.05, 0) is 11.6 Å². The van der Waals surface area contributed by atoms with Crippen molar-refractivity contribution in [2.75, 3.05) is 6.54 Å². The van der Waals surface area contributed by atoms with E-state index in [0.29, 0.717) is 5.56 Å². The van der Waals surface area contributed by atoms with Crippen LogP contribution in [0.5, 0.6) is 0 Å². The van der Waals surface area contributed by atoms with Gasteiger partial charge in [0.1, 0.15) is 5.78 Å². The van der Waals surface area contributed by atoms with Gasteiger partial charge in [0, 0.05) is 18.4 Å². The average Bonchev–Trinajstić information content (AvgIpc) is 2.28. The average molecular weight is 259 g/mol. The lowest BCUT2D eigenvalue weighted by Crippen LogP contribution is -2.33. The Morgan fingerprint density at radius 3 is 2.39 bits per heavy atom. The fourth-order valence-corrected chi connectivity index (χ4v) is 1.40. The van der Waals surface area contributed by atoms with Crippen LogP contribution < -0.4 is 5.73 Å². The van der Waals surface area contributed by atoms with Crippen LogP contribution in [0.15, 0.2) is 24.3 Å². The maximum absolute atomic E-state index is 12.5. The summed E-state index contributed by atoms with van der Waals surface area (Å²) < 4.78 is 37.5. The SMILES string of the molecule is CC(C)(CN)C(=O)Cc1cccc(C(F)(F)F)c1. The molecule has 2 N–H and O–H groups in total. The van der Waals surface area contributed by atoms with Crippen molar-refractivity contribution in [3.8, 4) is 0 Å². The number of hydrogen-bond acceptors (Lipinski definition) is 2. The van der Waals surface area contributed by atoms with Crippen LogP contribution in [0.3, 0.4) is 0 Å². The molecule has 2 nitrogen and oxygen atoms in total. The molecule has 100 valence electrons. The Labute approximate surface area is 104 Å². The number of rotatable bonds is 4. The molecule has 0 radical (unpaired) electrons. The van der Waals surface area contributed by atoms with Crippen LogP contribution >= 0.6 is 0 Å². The van der Waals surface area contributed by atoms with Crippen LogP contribution in [0.25, 0.3) is 0 Å². The molecule has 0 atom stereocenters. The lowest BCUT2D eigenvalue weighted by Gasteiger charge is -2.20. The molecule has 0 aromatic heterocycles. The quantitative estimate of drug-likeness (QED) is 0.903. The molecule has 0 heterocycles. The summed E-state index contributed by atoms with van der Waals surface area (Å²) in [5.74, 6) is -0.163. The maximum Gasteiger partial charge on any atom is 0.416 e. The zero-order chi connectivity index (χ0) is 14.0. The molecule has 0 aliphatic carbocycles. The second-order valence-electron chi connectivity index (χ2n) is 4.89. The lowest BCUT2D eigenvalue weighted by atomic mass is 9.85. The molecule has 0 unspecified atom stereocenters. The minimum absolute atomic E-state index is 0.0336. The van der Waals surface area contributed by atoms with Gasteiger partial charge in [0.25, 0.3) is 0 Å². The third-order valence-corrected chi connectivity index (χ3v) is 2.88. The van der Waals surface area contributed by atoms with Gasteiger partial charge in [-0.3, -0.25) is 4.79 Å². The Morgan fingerprint density at radius 1 is 1.28 bits per heavy atom. The monoisotopic (exact) mass is 259 g/mol. The van der Waals surface area contributed by atoms with E-state index >= 15 is 0 Å². The van der Waals surface area contributed by atoms with Crippen LogP contribution in [-0.4, -0.2) is 12.3 Å². The Bertz CT molecular complexity index is 438. The summed E-state index contributed by atoms with van der Waals surface area (Å²) in [6, 6.07) is 4.81. The first-order valence-corrected chi connectivity index (χ1v) is 5.56. The number of halogens is 3. The highest BCUT2D eigenvalue weighted by Gasteiger charge is 2.31. The van der Waals surface area contributed by atoms with Crippen molar-refractivity contribution in [1.29, 1.82) is 0 Å². The predicted octanol–water partition coefficient (Wildman–Crippen LogP) is 2.80. The summed E-state index contributed by atoms with van der Waals surface area (Å²) in [6.07, 6.45) is -4.42. The lowest BCUT2D eigenvalue weighted by molar-refractivity contribution is -0.137. The number of alkyl halides is 3. The number of nitrogens with two attached hydrogens (primary N) is 1. The number of benzene rings is 1. The second kappa shape index (κ2) is 5.10. The van der Waals surface area contributed by atoms with Crippen molar-refractivity contribution in [2.24, 2.45) is 11.1 Å². The number of hydrogen-bond donors (Lipinski definition) is 1. The number of carbonyl (C=O) groups is 1. The minimum atomic E-state index is -4.39. The Morgan fingerprint density at radius 2 is 1.89 bits per heavy atom. The first kappa shape index (κ1) is 14.7. The van der Waals surface area contributed by atoms with Crippen molar-refractivity contribution >= 4 is 5.78 Å². The maximum atomic E-state index is 12.5. The van der Waals surface area contributed by atoms with Gasteiger partial charge in [0.15, 0.2) is 0 Å². The van der Waals surface area contributed by atoms with E-state index in [1.807, 2.05) is 0 Å². The van der Waals surface area contributed by atoms with Gasteiger partial charge in [-0.2, -0.15) is 13.2 Å². The molecule has 0 spiro atoms. The van der Waals surface area contributed by atoms with E-state index in [1.54, 1.807) is 13.8 Å². The van der Waals surface area contributed by atoms with Crippen LogP contribution in [0, 0.1) is 5.41 Å². The summed E-state index contributed by atoms with van der Waals surface area (Å²) >= 11 is 0. The molecule has 0 aliphatic heterocycles. The molecule has 1 rings (SSSR count). The number of Topliss-reactive ketones (excluding diaryl/α,β-unsaturated/α-hetero) is 1. The molecule has 5 heteroatoms. The number of carbonyl (C=O) groups excluding carboxylic acids is 1. The van der Waals surface area contributed by atoms with E-state index in [-0.39, 0.29) is 18.7 Å². The molecule has 0 saturated carbocycles. The van der Waals surface area contributed by atoms with E-state index in [2.05, 4.69) is 0 Å². The second-order valence-corrected chi connectivity index (χ2v) is 4.89. The van der Waals surface area contributed by atoms with Crippen LogP contribution in [-0.2, 0) is 17.4 Å². The van der Waals surface area contributed by atoms with Gasteiger partial charge < -0.3 is 5.73 Å². The van der Waals surface area contributed by atoms with Gasteiger partial charge in [-0.1, -0.05) is 32.0 Å². The Balaban J connectivity index is 2.90. The van der Waals surface area contributed by atoms with Gasteiger partial charge in [0.05, 0.1) is 5.56 Å². The molecular weight excluding hydrogens is 243 g/mol. The normalized spacial score (nSPS) is 12.6. The fourth-order valence-electron chi connectivity index (χ4n) is 1.40. The van der Waals surface area contributed by atoms with E-state index in [9.17, 15) is 18.0 Å². The summed E-state index contributed by atoms with van der Waals surface area (Å²) in [4.78, 5) is 11.9. The first-order valence-electron chi connectivity index (χ1n) is 5.56. The highest BCUT2D eigenvalue weighted by atomic mass is 19.4. The summed E-state index contributed by atoms with van der Waals surface area (Å²) in [5, 5.41) is 0. The highest BCUT2D eigenvalue weighted by Crippen LogP contribution is 2.30. The zero-order valence-electron chi connectivity index (χ0n) is 10.3. The van der Waals surface area contributed by atoms with Crippen LogP contribution in [0.1, 0.15) is 25.0 Å². The van der Waals surface area contributed by atoms with E-state index in [1.165, 1.54) is 12.1 Å². The number of ketones is 1. The third kappa shape index (κ3) is 3.57. The van der Waals surface area contributed by atoms with Crippen molar-refractivity contribution < 1.29 is 18.0 Å². The minimum Gasteiger partial charge on any atom is -0.329 e. The van der Waals surface area contributed by atoms with Crippen molar-refractivity contribution in [2.45, 2.75) is 26.4 Å². The highest BCUT2D eigenvalue weighted by molar-refractivity contribution is 5.86. The van der Waals surface area contributed by atoms with Crippen LogP contribution in [0.4, 0.5) is 13.2 Å². The Kier molecular flexibility index (Phi) is 4.16. The third-order valence-electron chi connectivity index (χ3n) is 2.88. The van der Waals surface area contributed by atoms with Gasteiger partial charge in [-0.15, -0.1) is 0 Å².